The summed E-state index contributed by atoms with van der Waals surface area (Å²) in [6.07, 6.45) is 2.69. The fourth-order valence-corrected chi connectivity index (χ4v) is 2.03. The van der Waals surface area contributed by atoms with Gasteiger partial charge in [-0.15, -0.1) is 0 Å². The first kappa shape index (κ1) is 17.0. The molecule has 23 heavy (non-hydrogen) atoms. The van der Waals surface area contributed by atoms with E-state index in [1.54, 1.807) is 25.2 Å². The van der Waals surface area contributed by atoms with Crippen molar-refractivity contribution in [2.24, 2.45) is 5.73 Å². The second-order valence-corrected chi connectivity index (χ2v) is 5.47. The Labute approximate surface area is 142 Å². The summed E-state index contributed by atoms with van der Waals surface area (Å²) in [4.78, 5) is 32.6. The van der Waals surface area contributed by atoms with Crippen LogP contribution in [0, 0.1) is 0 Å². The first-order valence-corrected chi connectivity index (χ1v) is 7.20. The second-order valence-electron chi connectivity index (χ2n) is 4.66. The molecule has 0 unspecified atom stereocenters. The Morgan fingerprint density at radius 1 is 1.26 bits per heavy atom. The van der Waals surface area contributed by atoms with E-state index in [0.29, 0.717) is 21.6 Å². The van der Waals surface area contributed by atoms with Crippen LogP contribution in [0.25, 0.3) is 0 Å². The molecule has 1 aromatic carbocycles. The van der Waals surface area contributed by atoms with Crippen LogP contribution in [0.2, 0.25) is 10.0 Å². The van der Waals surface area contributed by atoms with Gasteiger partial charge in [-0.3, -0.25) is 14.6 Å². The number of rotatable bonds is 5. The number of likely N-dealkylation sites (N-methyl/N-ethyl adjacent to an activating group) is 1. The van der Waals surface area contributed by atoms with E-state index in [-0.39, 0.29) is 18.1 Å². The Hall–Kier alpha value is -2.38. The molecule has 3 N–H and O–H groups in total. The molecule has 2 aromatic rings. The summed E-state index contributed by atoms with van der Waals surface area (Å²) in [5, 5.41) is 3.43. The van der Waals surface area contributed by atoms with E-state index >= 15 is 0 Å². The largest absolute Gasteiger partial charge is 0.364 e. The number of hydrogen-bond donors (Lipinski definition) is 2. The van der Waals surface area contributed by atoms with Crippen LogP contribution in [0.15, 0.2) is 30.6 Å². The second kappa shape index (κ2) is 7.26. The number of carbonyl (C=O) groups is 2. The topological polar surface area (TPSA) is 101 Å². The molecule has 7 nitrogen and oxygen atoms in total. The number of nitrogens with one attached hydrogen (secondary N) is 1. The van der Waals surface area contributed by atoms with Crippen LogP contribution in [0.1, 0.15) is 10.5 Å². The minimum absolute atomic E-state index is 0.00284. The van der Waals surface area contributed by atoms with Gasteiger partial charge < -0.3 is 16.0 Å². The van der Waals surface area contributed by atoms with E-state index in [2.05, 4.69) is 15.3 Å². The quantitative estimate of drug-likeness (QED) is 0.855. The van der Waals surface area contributed by atoms with Crippen molar-refractivity contribution < 1.29 is 9.59 Å². The molecule has 1 aromatic heterocycles. The molecule has 0 saturated heterocycles. The molecular formula is C14H13Cl2N5O2. The summed E-state index contributed by atoms with van der Waals surface area (Å²) in [5.74, 6) is -0.629. The number of aromatic nitrogens is 2. The van der Waals surface area contributed by atoms with Gasteiger partial charge in [-0.05, 0) is 18.2 Å². The maximum Gasteiger partial charge on any atom is 0.268 e. The Morgan fingerprint density at radius 3 is 2.65 bits per heavy atom. The lowest BCUT2D eigenvalue weighted by Gasteiger charge is -2.17. The molecule has 0 aliphatic carbocycles. The molecule has 0 saturated carbocycles. The maximum atomic E-state index is 12.0. The standard InChI is InChI=1S/C14H13Cl2N5O2/c1-21(12-6-18-5-11(20-12)14(17)23)7-13(22)19-8-2-3-9(15)10(16)4-8/h2-6H,7H2,1H3,(H2,17,23)(H,19,22). The van der Waals surface area contributed by atoms with Gasteiger partial charge in [0, 0.05) is 12.7 Å². The van der Waals surface area contributed by atoms with Gasteiger partial charge >= 0.3 is 0 Å². The Balaban J connectivity index is 2.03. The average molecular weight is 354 g/mol. The smallest absolute Gasteiger partial charge is 0.268 e. The lowest BCUT2D eigenvalue weighted by molar-refractivity contribution is -0.114. The first-order valence-electron chi connectivity index (χ1n) is 6.44. The molecular weight excluding hydrogens is 341 g/mol. The number of hydrogen-bond acceptors (Lipinski definition) is 5. The van der Waals surface area contributed by atoms with Crippen LogP contribution in [0.3, 0.4) is 0 Å². The normalized spacial score (nSPS) is 10.2. The van der Waals surface area contributed by atoms with Gasteiger partial charge in [0.1, 0.15) is 11.5 Å². The maximum absolute atomic E-state index is 12.0. The van der Waals surface area contributed by atoms with E-state index < -0.39 is 5.91 Å². The van der Waals surface area contributed by atoms with Gasteiger partial charge in [0.05, 0.1) is 29.0 Å². The van der Waals surface area contributed by atoms with Crippen molar-refractivity contribution in [1.82, 2.24) is 9.97 Å². The van der Waals surface area contributed by atoms with E-state index in [9.17, 15) is 9.59 Å². The lowest BCUT2D eigenvalue weighted by Crippen LogP contribution is -2.31. The predicted molar refractivity (Wildman–Crippen MR) is 88.9 cm³/mol. The Kier molecular flexibility index (Phi) is 5.36. The van der Waals surface area contributed by atoms with Gasteiger partial charge in [-0.25, -0.2) is 4.98 Å². The van der Waals surface area contributed by atoms with E-state index in [1.165, 1.54) is 17.3 Å². The fourth-order valence-electron chi connectivity index (χ4n) is 1.73. The summed E-state index contributed by atoms with van der Waals surface area (Å²) < 4.78 is 0. The highest BCUT2D eigenvalue weighted by atomic mass is 35.5. The summed E-state index contributed by atoms with van der Waals surface area (Å²) in [7, 11) is 1.64. The number of primary amides is 1. The predicted octanol–water partition coefficient (Wildman–Crippen LogP) is 1.96. The van der Waals surface area contributed by atoms with Crippen LogP contribution in [-0.2, 0) is 4.79 Å². The highest BCUT2D eigenvalue weighted by Gasteiger charge is 2.12. The van der Waals surface area contributed by atoms with Gasteiger partial charge in [0.2, 0.25) is 5.91 Å². The minimum atomic E-state index is -0.687. The first-order chi connectivity index (χ1) is 10.9. The third kappa shape index (κ3) is 4.54. The van der Waals surface area contributed by atoms with Crippen LogP contribution in [-0.4, -0.2) is 35.4 Å². The number of benzene rings is 1. The van der Waals surface area contributed by atoms with Crippen molar-refractivity contribution in [3.8, 4) is 0 Å². The number of nitrogens with two attached hydrogens (primary N) is 1. The SMILES string of the molecule is CN(CC(=O)Nc1ccc(Cl)c(Cl)c1)c1cncc(C(N)=O)n1. The van der Waals surface area contributed by atoms with Crippen molar-refractivity contribution in [2.45, 2.75) is 0 Å². The summed E-state index contributed by atoms with van der Waals surface area (Å²) in [6, 6.07) is 4.78. The summed E-state index contributed by atoms with van der Waals surface area (Å²) >= 11 is 11.7. The molecule has 2 amide bonds. The highest BCUT2D eigenvalue weighted by Crippen LogP contribution is 2.25. The molecule has 1 heterocycles. The molecule has 0 atom stereocenters. The molecule has 0 bridgehead atoms. The Bertz CT molecular complexity index is 754. The third-order valence-corrected chi connectivity index (χ3v) is 3.59. The van der Waals surface area contributed by atoms with Crippen molar-refractivity contribution in [1.29, 1.82) is 0 Å². The number of halogens is 2. The van der Waals surface area contributed by atoms with Gasteiger partial charge in [0.25, 0.3) is 5.91 Å². The zero-order chi connectivity index (χ0) is 17.0. The van der Waals surface area contributed by atoms with Gasteiger partial charge in [-0.2, -0.15) is 0 Å². The third-order valence-electron chi connectivity index (χ3n) is 2.85. The number of carbonyl (C=O) groups excluding carboxylic acids is 2. The number of anilines is 2. The van der Waals surface area contributed by atoms with Crippen molar-refractivity contribution in [3.05, 3.63) is 46.3 Å². The van der Waals surface area contributed by atoms with Gasteiger partial charge in [0.15, 0.2) is 0 Å². The molecule has 120 valence electrons. The molecule has 0 radical (unpaired) electrons. The summed E-state index contributed by atoms with van der Waals surface area (Å²) in [6.45, 7) is -0.00284. The molecule has 9 heteroatoms. The lowest BCUT2D eigenvalue weighted by atomic mass is 10.3. The zero-order valence-corrected chi connectivity index (χ0v) is 13.6. The van der Waals surface area contributed by atoms with E-state index in [1.807, 2.05) is 0 Å². The molecule has 2 rings (SSSR count). The highest BCUT2D eigenvalue weighted by molar-refractivity contribution is 6.42. The van der Waals surface area contributed by atoms with E-state index in [4.69, 9.17) is 28.9 Å². The average Bonchev–Trinajstić information content (AvgIpc) is 2.51. The zero-order valence-electron chi connectivity index (χ0n) is 12.1. The number of nitrogens with zero attached hydrogens (tertiary/aromatic N) is 3. The van der Waals surface area contributed by atoms with Crippen molar-refractivity contribution >= 4 is 46.5 Å². The van der Waals surface area contributed by atoms with Crippen LogP contribution in [0.5, 0.6) is 0 Å². The molecule has 0 fully saturated rings. The van der Waals surface area contributed by atoms with E-state index in [0.717, 1.165) is 0 Å². The van der Waals surface area contributed by atoms with Crippen molar-refractivity contribution in [3.63, 3.8) is 0 Å². The fraction of sp³-hybridized carbons (Fsp3) is 0.143. The van der Waals surface area contributed by atoms with Crippen LogP contribution < -0.4 is 16.0 Å². The van der Waals surface area contributed by atoms with Gasteiger partial charge in [-0.1, -0.05) is 23.2 Å². The monoisotopic (exact) mass is 353 g/mol. The Morgan fingerprint density at radius 2 is 2.00 bits per heavy atom. The minimum Gasteiger partial charge on any atom is -0.364 e. The molecule has 0 aliphatic rings. The van der Waals surface area contributed by atoms with Crippen molar-refractivity contribution in [2.75, 3.05) is 23.8 Å². The molecule has 0 aliphatic heterocycles. The van der Waals surface area contributed by atoms with Crippen LogP contribution >= 0.6 is 23.2 Å². The number of amides is 2. The molecule has 0 spiro atoms. The summed E-state index contributed by atoms with van der Waals surface area (Å²) in [5.41, 5.74) is 5.70. The van der Waals surface area contributed by atoms with Crippen LogP contribution in [0.4, 0.5) is 11.5 Å².